The molecule has 0 saturated carbocycles. The van der Waals surface area contributed by atoms with Crippen LogP contribution in [0.25, 0.3) is 0 Å². The van der Waals surface area contributed by atoms with Gasteiger partial charge in [0.15, 0.2) is 0 Å². The number of nitrogens with zero attached hydrogens (tertiary/aromatic N) is 2. The van der Waals surface area contributed by atoms with E-state index < -0.39 is 0 Å². The van der Waals surface area contributed by atoms with E-state index in [2.05, 4.69) is 5.32 Å². The van der Waals surface area contributed by atoms with Gasteiger partial charge in [-0.3, -0.25) is 9.59 Å². The topological polar surface area (TPSA) is 52.7 Å². The normalized spacial score (nSPS) is 23.0. The summed E-state index contributed by atoms with van der Waals surface area (Å²) in [6.45, 7) is 1.85. The third kappa shape index (κ3) is 3.51. The van der Waals surface area contributed by atoms with Crippen LogP contribution in [0.2, 0.25) is 0 Å². The first-order valence-electron chi connectivity index (χ1n) is 7.93. The highest BCUT2D eigenvalue weighted by molar-refractivity contribution is 5.99. The first-order chi connectivity index (χ1) is 10.6. The number of carbonyl (C=O) groups is 2. The van der Waals surface area contributed by atoms with E-state index in [0.29, 0.717) is 17.2 Å². The van der Waals surface area contributed by atoms with Gasteiger partial charge in [-0.05, 0) is 44.0 Å². The minimum Gasteiger partial charge on any atom is -0.345 e. The van der Waals surface area contributed by atoms with Crippen LogP contribution in [0.4, 0.5) is 0 Å². The van der Waals surface area contributed by atoms with Gasteiger partial charge in [-0.2, -0.15) is 0 Å². The number of rotatable bonds is 2. The van der Waals surface area contributed by atoms with E-state index >= 15 is 0 Å². The Balaban J connectivity index is 0.00000192. The van der Waals surface area contributed by atoms with E-state index in [0.717, 1.165) is 32.4 Å². The molecule has 1 aromatic rings. The van der Waals surface area contributed by atoms with E-state index in [1.165, 1.54) is 4.90 Å². The van der Waals surface area contributed by atoms with Crippen molar-refractivity contribution in [2.45, 2.75) is 31.3 Å². The zero-order valence-electron chi connectivity index (χ0n) is 13.6. The Labute approximate surface area is 143 Å². The summed E-state index contributed by atoms with van der Waals surface area (Å²) in [5.74, 6) is -0.0141. The van der Waals surface area contributed by atoms with Gasteiger partial charge in [0.2, 0.25) is 0 Å². The molecule has 2 saturated heterocycles. The number of nitrogens with one attached hydrogen (secondary N) is 1. The molecule has 0 radical (unpaired) electrons. The van der Waals surface area contributed by atoms with Crippen molar-refractivity contribution in [2.24, 2.45) is 0 Å². The largest absolute Gasteiger partial charge is 0.345 e. The molecular weight excluding hydrogens is 314 g/mol. The maximum absolute atomic E-state index is 12.9. The SMILES string of the molecule is CN(C)C(=O)c1cccc(C(=O)N2C3CCNCC2CC3)c1.Cl. The van der Waals surface area contributed by atoms with Crippen LogP contribution in [-0.4, -0.2) is 60.9 Å². The predicted molar refractivity (Wildman–Crippen MR) is 92.2 cm³/mol. The molecule has 1 aromatic carbocycles. The van der Waals surface area contributed by atoms with Crippen LogP contribution in [0.5, 0.6) is 0 Å². The average Bonchev–Trinajstić information content (AvgIpc) is 2.78. The summed E-state index contributed by atoms with van der Waals surface area (Å²) in [4.78, 5) is 28.6. The lowest BCUT2D eigenvalue weighted by atomic mass is 10.1. The second-order valence-corrected chi connectivity index (χ2v) is 6.37. The van der Waals surface area contributed by atoms with Crippen molar-refractivity contribution < 1.29 is 9.59 Å². The Morgan fingerprint density at radius 1 is 1.13 bits per heavy atom. The van der Waals surface area contributed by atoms with E-state index in [4.69, 9.17) is 0 Å². The fourth-order valence-corrected chi connectivity index (χ4v) is 3.51. The molecule has 6 heteroatoms. The second-order valence-electron chi connectivity index (χ2n) is 6.37. The second kappa shape index (κ2) is 7.32. The van der Waals surface area contributed by atoms with E-state index in [1.807, 2.05) is 11.0 Å². The minimum absolute atomic E-state index is 0. The van der Waals surface area contributed by atoms with Gasteiger partial charge in [-0.1, -0.05) is 6.07 Å². The molecule has 2 fully saturated rings. The first-order valence-corrected chi connectivity index (χ1v) is 7.93. The summed E-state index contributed by atoms with van der Waals surface area (Å²) in [5, 5.41) is 3.40. The third-order valence-electron chi connectivity index (χ3n) is 4.65. The van der Waals surface area contributed by atoms with Crippen LogP contribution in [0.3, 0.4) is 0 Å². The van der Waals surface area contributed by atoms with Gasteiger partial charge in [0.25, 0.3) is 11.8 Å². The molecule has 126 valence electrons. The molecule has 0 spiro atoms. The highest BCUT2D eigenvalue weighted by Gasteiger charge is 2.38. The lowest BCUT2D eigenvalue weighted by Crippen LogP contribution is -2.42. The zero-order chi connectivity index (χ0) is 15.7. The highest BCUT2D eigenvalue weighted by Crippen LogP contribution is 2.29. The van der Waals surface area contributed by atoms with E-state index in [9.17, 15) is 9.59 Å². The molecule has 2 heterocycles. The Morgan fingerprint density at radius 3 is 2.57 bits per heavy atom. The smallest absolute Gasteiger partial charge is 0.254 e. The monoisotopic (exact) mass is 337 g/mol. The van der Waals surface area contributed by atoms with Crippen LogP contribution in [0.1, 0.15) is 40.0 Å². The number of fused-ring (bicyclic) bond motifs is 2. The molecule has 2 bridgehead atoms. The molecule has 1 N–H and O–H groups in total. The Hall–Kier alpha value is -1.59. The van der Waals surface area contributed by atoms with Gasteiger partial charge in [0, 0.05) is 43.9 Å². The maximum Gasteiger partial charge on any atom is 0.254 e. The number of benzene rings is 1. The van der Waals surface area contributed by atoms with E-state index in [1.54, 1.807) is 32.3 Å². The molecule has 0 aromatic heterocycles. The summed E-state index contributed by atoms with van der Waals surface area (Å²) >= 11 is 0. The van der Waals surface area contributed by atoms with Gasteiger partial charge in [-0.15, -0.1) is 12.4 Å². The molecule has 5 nitrogen and oxygen atoms in total. The molecule has 23 heavy (non-hydrogen) atoms. The average molecular weight is 338 g/mol. The Bertz CT molecular complexity index is 577. The first kappa shape index (κ1) is 17.8. The van der Waals surface area contributed by atoms with Gasteiger partial charge < -0.3 is 15.1 Å². The van der Waals surface area contributed by atoms with Crippen LogP contribution in [-0.2, 0) is 0 Å². The standard InChI is InChI=1S/C17H23N3O2.ClH/c1-19(2)16(21)12-4-3-5-13(10-12)17(22)20-14-6-7-15(20)11-18-9-8-14;/h3-5,10,14-15,18H,6-9,11H2,1-2H3;1H. The Morgan fingerprint density at radius 2 is 1.83 bits per heavy atom. The van der Waals surface area contributed by atoms with Crippen molar-refractivity contribution in [2.75, 3.05) is 27.2 Å². The molecule has 3 rings (SSSR count). The molecule has 2 unspecified atom stereocenters. The van der Waals surface area contributed by atoms with E-state index in [-0.39, 0.29) is 30.3 Å². The van der Waals surface area contributed by atoms with Crippen molar-refractivity contribution in [3.63, 3.8) is 0 Å². The predicted octanol–water partition coefficient (Wildman–Crippen LogP) is 1.78. The van der Waals surface area contributed by atoms with Gasteiger partial charge in [0.05, 0.1) is 0 Å². The van der Waals surface area contributed by atoms with Gasteiger partial charge in [0.1, 0.15) is 0 Å². The fraction of sp³-hybridized carbons (Fsp3) is 0.529. The molecular formula is C17H24ClN3O2. The molecule has 2 atom stereocenters. The summed E-state index contributed by atoms with van der Waals surface area (Å²) in [7, 11) is 3.44. The van der Waals surface area contributed by atoms with Crippen LogP contribution >= 0.6 is 12.4 Å². The van der Waals surface area contributed by atoms with Crippen LogP contribution in [0, 0.1) is 0 Å². The Kier molecular flexibility index (Phi) is 5.65. The number of hydrogen-bond donors (Lipinski definition) is 1. The van der Waals surface area contributed by atoms with Gasteiger partial charge >= 0.3 is 0 Å². The zero-order valence-corrected chi connectivity index (χ0v) is 14.4. The quantitative estimate of drug-likeness (QED) is 0.895. The number of halogens is 1. The number of carbonyl (C=O) groups excluding carboxylic acids is 2. The number of amides is 2. The van der Waals surface area contributed by atoms with Crippen molar-refractivity contribution in [1.29, 1.82) is 0 Å². The minimum atomic E-state index is -0.0739. The van der Waals surface area contributed by atoms with Crippen LogP contribution in [0.15, 0.2) is 24.3 Å². The summed E-state index contributed by atoms with van der Waals surface area (Å²) in [6, 6.07) is 7.71. The van der Waals surface area contributed by atoms with Crippen LogP contribution < -0.4 is 5.32 Å². The summed E-state index contributed by atoms with van der Waals surface area (Å²) in [6.07, 6.45) is 3.17. The van der Waals surface area contributed by atoms with Gasteiger partial charge in [-0.25, -0.2) is 0 Å². The van der Waals surface area contributed by atoms with Crippen molar-refractivity contribution >= 4 is 24.2 Å². The molecule has 2 aliphatic rings. The highest BCUT2D eigenvalue weighted by atomic mass is 35.5. The van der Waals surface area contributed by atoms with Crippen molar-refractivity contribution in [3.8, 4) is 0 Å². The molecule has 2 amide bonds. The maximum atomic E-state index is 12.9. The molecule has 2 aliphatic heterocycles. The molecule has 0 aliphatic carbocycles. The fourth-order valence-electron chi connectivity index (χ4n) is 3.51. The lowest BCUT2D eigenvalue weighted by molar-refractivity contribution is 0.0680. The summed E-state index contributed by atoms with van der Waals surface area (Å²) < 4.78 is 0. The van der Waals surface area contributed by atoms with Crippen molar-refractivity contribution in [1.82, 2.24) is 15.1 Å². The number of hydrogen-bond acceptors (Lipinski definition) is 3. The van der Waals surface area contributed by atoms with Crippen molar-refractivity contribution in [3.05, 3.63) is 35.4 Å². The third-order valence-corrected chi connectivity index (χ3v) is 4.65. The summed E-state index contributed by atoms with van der Waals surface area (Å²) in [5.41, 5.74) is 1.18. The lowest BCUT2D eigenvalue weighted by Gasteiger charge is -2.28.